The Morgan fingerprint density at radius 2 is 2.11 bits per heavy atom. The Bertz CT molecular complexity index is 685. The molecule has 1 aliphatic rings. The molecule has 0 radical (unpaired) electrons. The lowest BCUT2D eigenvalue weighted by Gasteiger charge is -2.17. The predicted molar refractivity (Wildman–Crippen MR) is 64.8 cm³/mol. The highest BCUT2D eigenvalue weighted by molar-refractivity contribution is 7.85. The molecule has 18 heavy (non-hydrogen) atoms. The summed E-state index contributed by atoms with van der Waals surface area (Å²) in [6.45, 7) is 0. The Balaban J connectivity index is 2.16. The zero-order chi connectivity index (χ0) is 12.7. The SMILES string of the molecule is O=[N+]([O-])c1ccc2c(c1)Cc1ncccc1S2=O. The summed E-state index contributed by atoms with van der Waals surface area (Å²) >= 11 is 0. The van der Waals surface area contributed by atoms with Crippen molar-refractivity contribution in [2.75, 3.05) is 0 Å². The first-order chi connectivity index (χ1) is 8.66. The molecule has 0 aliphatic carbocycles. The molecule has 6 heteroatoms. The van der Waals surface area contributed by atoms with E-state index in [1.165, 1.54) is 12.1 Å². The third-order valence-corrected chi connectivity index (χ3v) is 4.43. The van der Waals surface area contributed by atoms with E-state index >= 15 is 0 Å². The molecule has 0 spiro atoms. The predicted octanol–water partition coefficient (Wildman–Crippen LogP) is 2.06. The monoisotopic (exact) mass is 260 g/mol. The van der Waals surface area contributed by atoms with Gasteiger partial charge in [-0.1, -0.05) is 0 Å². The largest absolute Gasteiger partial charge is 0.269 e. The molecule has 0 saturated heterocycles. The van der Waals surface area contributed by atoms with Gasteiger partial charge in [0, 0.05) is 29.6 Å². The van der Waals surface area contributed by atoms with Crippen molar-refractivity contribution in [3.05, 3.63) is 57.9 Å². The molecule has 1 unspecified atom stereocenters. The topological polar surface area (TPSA) is 73.1 Å². The van der Waals surface area contributed by atoms with Crippen LogP contribution in [0.1, 0.15) is 11.3 Å². The summed E-state index contributed by atoms with van der Waals surface area (Å²) in [5.74, 6) is 0. The van der Waals surface area contributed by atoms with Gasteiger partial charge in [-0.2, -0.15) is 0 Å². The Labute approximate surface area is 105 Å². The summed E-state index contributed by atoms with van der Waals surface area (Å²) < 4.78 is 12.3. The second-order valence-corrected chi connectivity index (χ2v) is 5.36. The minimum absolute atomic E-state index is 0.0186. The molecule has 0 amide bonds. The molecule has 2 heterocycles. The van der Waals surface area contributed by atoms with E-state index in [4.69, 9.17) is 0 Å². The second-order valence-electron chi connectivity index (χ2n) is 3.94. The van der Waals surface area contributed by atoms with Gasteiger partial charge in [0.1, 0.15) is 0 Å². The van der Waals surface area contributed by atoms with Gasteiger partial charge in [-0.15, -0.1) is 0 Å². The van der Waals surface area contributed by atoms with Crippen LogP contribution in [0.2, 0.25) is 0 Å². The Morgan fingerprint density at radius 3 is 2.89 bits per heavy atom. The van der Waals surface area contributed by atoms with E-state index in [1.54, 1.807) is 24.4 Å². The number of non-ortho nitro benzene ring substituents is 1. The number of pyridine rings is 1. The van der Waals surface area contributed by atoms with Crippen molar-refractivity contribution in [3.63, 3.8) is 0 Å². The first-order valence-electron chi connectivity index (χ1n) is 5.30. The normalized spacial score (nSPS) is 16.8. The maximum Gasteiger partial charge on any atom is 0.269 e. The van der Waals surface area contributed by atoms with Gasteiger partial charge in [0.2, 0.25) is 0 Å². The Morgan fingerprint density at radius 1 is 1.28 bits per heavy atom. The second kappa shape index (κ2) is 3.99. The number of rotatable bonds is 1. The fourth-order valence-corrected chi connectivity index (χ4v) is 3.36. The minimum Gasteiger partial charge on any atom is -0.260 e. The van der Waals surface area contributed by atoms with Gasteiger partial charge in [0.15, 0.2) is 0 Å². The van der Waals surface area contributed by atoms with Crippen LogP contribution in [-0.2, 0) is 17.2 Å². The van der Waals surface area contributed by atoms with E-state index in [0.717, 1.165) is 5.69 Å². The smallest absolute Gasteiger partial charge is 0.260 e. The van der Waals surface area contributed by atoms with Gasteiger partial charge in [-0.3, -0.25) is 15.1 Å². The number of nitrogens with zero attached hydrogens (tertiary/aromatic N) is 2. The van der Waals surface area contributed by atoms with E-state index in [9.17, 15) is 14.3 Å². The first-order valence-corrected chi connectivity index (χ1v) is 6.45. The highest BCUT2D eigenvalue weighted by Gasteiger charge is 2.24. The van der Waals surface area contributed by atoms with Gasteiger partial charge in [0.25, 0.3) is 5.69 Å². The molecule has 0 fully saturated rings. The van der Waals surface area contributed by atoms with Crippen LogP contribution in [0.25, 0.3) is 0 Å². The van der Waals surface area contributed by atoms with Gasteiger partial charge >= 0.3 is 0 Å². The molecule has 0 bridgehead atoms. The molecule has 1 atom stereocenters. The van der Waals surface area contributed by atoms with Crippen molar-refractivity contribution in [1.82, 2.24) is 4.98 Å². The van der Waals surface area contributed by atoms with Gasteiger partial charge in [-0.05, 0) is 23.8 Å². The van der Waals surface area contributed by atoms with E-state index in [0.29, 0.717) is 21.8 Å². The zero-order valence-electron chi connectivity index (χ0n) is 9.20. The molecule has 5 nitrogen and oxygen atoms in total. The average Bonchev–Trinajstić information content (AvgIpc) is 2.38. The van der Waals surface area contributed by atoms with Crippen molar-refractivity contribution >= 4 is 16.5 Å². The number of nitro benzene ring substituents is 1. The van der Waals surface area contributed by atoms with Crippen LogP contribution in [0.5, 0.6) is 0 Å². The van der Waals surface area contributed by atoms with Crippen molar-refractivity contribution < 1.29 is 9.13 Å². The number of hydrogen-bond acceptors (Lipinski definition) is 4. The van der Waals surface area contributed by atoms with Crippen LogP contribution >= 0.6 is 0 Å². The lowest BCUT2D eigenvalue weighted by Crippen LogP contribution is -2.11. The molecule has 90 valence electrons. The summed E-state index contributed by atoms with van der Waals surface area (Å²) in [5, 5.41) is 10.7. The quantitative estimate of drug-likeness (QED) is 0.496. The number of benzene rings is 1. The van der Waals surface area contributed by atoms with Gasteiger partial charge in [0.05, 0.1) is 26.3 Å². The van der Waals surface area contributed by atoms with E-state index in [1.807, 2.05) is 0 Å². The molecular weight excluding hydrogens is 252 g/mol. The van der Waals surface area contributed by atoms with E-state index < -0.39 is 15.7 Å². The number of hydrogen-bond donors (Lipinski definition) is 0. The summed E-state index contributed by atoms with van der Waals surface area (Å²) in [6, 6.07) is 7.96. The first kappa shape index (κ1) is 11.0. The highest BCUT2D eigenvalue weighted by atomic mass is 32.2. The fraction of sp³-hybridized carbons (Fsp3) is 0.0833. The van der Waals surface area contributed by atoms with Crippen molar-refractivity contribution in [1.29, 1.82) is 0 Å². The Kier molecular flexibility index (Phi) is 2.45. The molecule has 0 N–H and O–H groups in total. The summed E-state index contributed by atoms with van der Waals surface area (Å²) in [5.41, 5.74) is 1.46. The lowest BCUT2D eigenvalue weighted by atomic mass is 10.1. The van der Waals surface area contributed by atoms with Crippen LogP contribution in [0.15, 0.2) is 46.3 Å². The number of fused-ring (bicyclic) bond motifs is 2. The van der Waals surface area contributed by atoms with Crippen LogP contribution in [0.3, 0.4) is 0 Å². The van der Waals surface area contributed by atoms with Crippen LogP contribution in [0.4, 0.5) is 5.69 Å². The Hall–Kier alpha value is -2.08. The third-order valence-electron chi connectivity index (χ3n) is 2.86. The molecule has 1 aliphatic heterocycles. The zero-order valence-corrected chi connectivity index (χ0v) is 10.0. The van der Waals surface area contributed by atoms with Gasteiger partial charge in [-0.25, -0.2) is 4.21 Å². The van der Waals surface area contributed by atoms with E-state index in [-0.39, 0.29) is 5.69 Å². The minimum atomic E-state index is -1.30. The standard InChI is InChI=1S/C12H8N2O3S/c15-14(16)9-3-4-11-8(6-9)7-10-12(18(11)17)2-1-5-13-10/h1-6H,7H2. The van der Waals surface area contributed by atoms with E-state index in [2.05, 4.69) is 4.98 Å². The summed E-state index contributed by atoms with van der Waals surface area (Å²) in [7, 11) is -1.30. The average molecular weight is 260 g/mol. The van der Waals surface area contributed by atoms with Crippen molar-refractivity contribution in [2.45, 2.75) is 16.2 Å². The fourth-order valence-electron chi connectivity index (χ4n) is 2.02. The van der Waals surface area contributed by atoms with Crippen molar-refractivity contribution in [2.24, 2.45) is 0 Å². The highest BCUT2D eigenvalue weighted by Crippen LogP contribution is 2.32. The molecule has 0 saturated carbocycles. The van der Waals surface area contributed by atoms with Crippen LogP contribution in [-0.4, -0.2) is 14.1 Å². The molecular formula is C12H8N2O3S. The summed E-state index contributed by atoms with van der Waals surface area (Å²) in [4.78, 5) is 15.8. The van der Waals surface area contributed by atoms with Gasteiger partial charge < -0.3 is 0 Å². The van der Waals surface area contributed by atoms with Crippen molar-refractivity contribution in [3.8, 4) is 0 Å². The molecule has 1 aromatic carbocycles. The molecule has 3 rings (SSSR count). The maximum atomic E-state index is 12.3. The molecule has 2 aromatic rings. The number of nitro groups is 1. The molecule has 1 aromatic heterocycles. The van der Waals surface area contributed by atoms with Crippen LogP contribution in [0, 0.1) is 10.1 Å². The number of aromatic nitrogens is 1. The maximum absolute atomic E-state index is 12.3. The van der Waals surface area contributed by atoms with Crippen LogP contribution < -0.4 is 0 Å². The summed E-state index contributed by atoms with van der Waals surface area (Å²) in [6.07, 6.45) is 2.12. The lowest BCUT2D eigenvalue weighted by molar-refractivity contribution is -0.385. The third kappa shape index (κ3) is 1.62.